The molecule has 0 unspecified atom stereocenters. The molecule has 0 N–H and O–H groups in total. The van der Waals surface area contributed by atoms with E-state index in [9.17, 15) is 0 Å². The van der Waals surface area contributed by atoms with E-state index in [0.29, 0.717) is 17.5 Å². The van der Waals surface area contributed by atoms with Crippen molar-refractivity contribution in [2.45, 2.75) is 5.41 Å². The highest BCUT2D eigenvalue weighted by Crippen LogP contribution is 2.63. The zero-order chi connectivity index (χ0) is 34.9. The topological polar surface area (TPSA) is 38.7 Å². The van der Waals surface area contributed by atoms with Gasteiger partial charge in [0.05, 0.1) is 5.41 Å². The third-order valence-electron chi connectivity index (χ3n) is 11.2. The number of hydrogen-bond donors (Lipinski definition) is 0. The number of nitrogens with zero attached hydrogens (tertiary/aromatic N) is 3. The molecule has 1 heterocycles. The summed E-state index contributed by atoms with van der Waals surface area (Å²) in [6.07, 6.45) is 0. The van der Waals surface area contributed by atoms with Crippen LogP contribution in [0.25, 0.3) is 78.3 Å². The van der Waals surface area contributed by atoms with Gasteiger partial charge in [-0.1, -0.05) is 182 Å². The van der Waals surface area contributed by atoms with Crippen molar-refractivity contribution in [1.82, 2.24) is 15.0 Å². The third-order valence-corrected chi connectivity index (χ3v) is 11.2. The molecule has 0 fully saturated rings. The van der Waals surface area contributed by atoms with Gasteiger partial charge in [-0.25, -0.2) is 15.0 Å². The van der Waals surface area contributed by atoms with Gasteiger partial charge < -0.3 is 0 Å². The number of fused-ring (bicyclic) bond motifs is 11. The van der Waals surface area contributed by atoms with Crippen molar-refractivity contribution in [3.05, 3.63) is 210 Å². The molecule has 2 aliphatic rings. The van der Waals surface area contributed by atoms with Crippen LogP contribution >= 0.6 is 0 Å². The lowest BCUT2D eigenvalue weighted by Crippen LogP contribution is -2.25. The predicted octanol–water partition coefficient (Wildman–Crippen LogP) is 12.0. The van der Waals surface area contributed by atoms with Crippen molar-refractivity contribution in [2.24, 2.45) is 0 Å². The van der Waals surface area contributed by atoms with Gasteiger partial charge in [-0.15, -0.1) is 0 Å². The summed E-state index contributed by atoms with van der Waals surface area (Å²) in [6.45, 7) is 0. The Hall–Kier alpha value is -6.97. The van der Waals surface area contributed by atoms with Gasteiger partial charge in [0, 0.05) is 16.7 Å². The molecule has 0 aliphatic heterocycles. The molecule has 0 radical (unpaired) electrons. The van der Waals surface area contributed by atoms with Crippen LogP contribution in [0, 0.1) is 0 Å². The summed E-state index contributed by atoms with van der Waals surface area (Å²) in [5.74, 6) is 1.97. The molecule has 9 aromatic rings. The largest absolute Gasteiger partial charge is 0.208 e. The fraction of sp³-hybridized carbons (Fsp3) is 0.0200. The van der Waals surface area contributed by atoms with Gasteiger partial charge >= 0.3 is 0 Å². The highest BCUT2D eigenvalue weighted by molar-refractivity contribution is 6.03. The Balaban J connectivity index is 1.10. The molecule has 0 amide bonds. The molecule has 0 saturated carbocycles. The number of aromatic nitrogens is 3. The van der Waals surface area contributed by atoms with E-state index in [4.69, 9.17) is 15.0 Å². The molecule has 3 heteroatoms. The van der Waals surface area contributed by atoms with Gasteiger partial charge in [-0.2, -0.15) is 0 Å². The Labute approximate surface area is 308 Å². The zero-order valence-corrected chi connectivity index (χ0v) is 28.7. The van der Waals surface area contributed by atoms with Crippen LogP contribution in [0.5, 0.6) is 0 Å². The average molecular weight is 674 g/mol. The first kappa shape index (κ1) is 29.7. The normalized spacial score (nSPS) is 13.1. The van der Waals surface area contributed by atoms with E-state index in [2.05, 4.69) is 127 Å². The fourth-order valence-corrected chi connectivity index (χ4v) is 8.96. The van der Waals surface area contributed by atoms with E-state index in [-0.39, 0.29) is 5.41 Å². The first-order chi connectivity index (χ1) is 26.3. The summed E-state index contributed by atoms with van der Waals surface area (Å²) >= 11 is 0. The Kier molecular flexibility index (Phi) is 6.47. The molecule has 3 nitrogen and oxygen atoms in total. The third kappa shape index (κ3) is 4.31. The van der Waals surface area contributed by atoms with Crippen molar-refractivity contribution in [3.63, 3.8) is 0 Å². The fourth-order valence-electron chi connectivity index (χ4n) is 8.96. The first-order valence-electron chi connectivity index (χ1n) is 18.1. The van der Waals surface area contributed by atoms with Crippen LogP contribution in [0.1, 0.15) is 22.3 Å². The van der Waals surface area contributed by atoms with Gasteiger partial charge in [0.25, 0.3) is 0 Å². The van der Waals surface area contributed by atoms with Crippen molar-refractivity contribution >= 4 is 10.8 Å². The van der Waals surface area contributed by atoms with Gasteiger partial charge in [0.2, 0.25) is 0 Å². The lowest BCUT2D eigenvalue weighted by molar-refractivity contribution is 0.794. The van der Waals surface area contributed by atoms with E-state index >= 15 is 0 Å². The van der Waals surface area contributed by atoms with Gasteiger partial charge in [0.1, 0.15) is 0 Å². The maximum Gasteiger partial charge on any atom is 0.164 e. The molecule has 1 aromatic heterocycles. The Bertz CT molecular complexity index is 2790. The smallest absolute Gasteiger partial charge is 0.164 e. The van der Waals surface area contributed by atoms with Crippen molar-refractivity contribution in [3.8, 4) is 67.5 Å². The first-order valence-corrected chi connectivity index (χ1v) is 18.1. The van der Waals surface area contributed by atoms with Crippen LogP contribution in [0.4, 0.5) is 0 Å². The van der Waals surface area contributed by atoms with Crippen LogP contribution in [0.15, 0.2) is 188 Å². The van der Waals surface area contributed by atoms with E-state index in [1.54, 1.807) is 0 Å². The number of benzene rings is 8. The van der Waals surface area contributed by atoms with Gasteiger partial charge in [-0.05, 0) is 72.5 Å². The van der Waals surface area contributed by atoms with Crippen molar-refractivity contribution < 1.29 is 0 Å². The van der Waals surface area contributed by atoms with Crippen molar-refractivity contribution in [2.75, 3.05) is 0 Å². The van der Waals surface area contributed by atoms with E-state index in [1.807, 2.05) is 60.7 Å². The average Bonchev–Trinajstić information content (AvgIpc) is 3.71. The Morgan fingerprint density at radius 1 is 0.302 bits per heavy atom. The van der Waals surface area contributed by atoms with Gasteiger partial charge in [-0.3, -0.25) is 0 Å². The SMILES string of the molecule is c1ccc(-c2nc(-c3ccccc3)nc(-c3cccc4cc(-c5cccc6c5-c5ccccc5C65c6ccccc6-c6ccccc65)ccc34)n2)cc1. The summed E-state index contributed by atoms with van der Waals surface area (Å²) < 4.78 is 0. The summed E-state index contributed by atoms with van der Waals surface area (Å²) in [4.78, 5) is 15.0. The molecular formula is C50H31N3. The minimum Gasteiger partial charge on any atom is -0.208 e. The van der Waals surface area contributed by atoms with Gasteiger partial charge in [0.15, 0.2) is 17.5 Å². The van der Waals surface area contributed by atoms with E-state index in [0.717, 1.165) is 27.5 Å². The summed E-state index contributed by atoms with van der Waals surface area (Å²) in [6, 6.07) is 67.4. The second-order valence-electron chi connectivity index (χ2n) is 13.9. The van der Waals surface area contributed by atoms with Crippen LogP contribution in [-0.2, 0) is 5.41 Å². The summed E-state index contributed by atoms with van der Waals surface area (Å²) in [7, 11) is 0. The van der Waals surface area contributed by atoms with Crippen LogP contribution in [0.3, 0.4) is 0 Å². The number of rotatable bonds is 4. The maximum absolute atomic E-state index is 5.06. The van der Waals surface area contributed by atoms with Crippen LogP contribution in [-0.4, -0.2) is 15.0 Å². The molecule has 0 saturated heterocycles. The molecule has 0 atom stereocenters. The highest BCUT2D eigenvalue weighted by atomic mass is 15.0. The molecule has 53 heavy (non-hydrogen) atoms. The van der Waals surface area contributed by atoms with Crippen LogP contribution < -0.4 is 0 Å². The molecule has 11 rings (SSSR count). The summed E-state index contributed by atoms with van der Waals surface area (Å²) in [5, 5.41) is 2.24. The standard InChI is InChI=1S/C50H31N3/c1-3-15-32(16-4-1)47-51-48(33-17-5-2-6-18-33)53-49(52-47)40-24-13-19-34-31-35(29-30-36(34)40)37-23-14-28-45-46(37)41-22-9-12-27-44(41)50(45)42-25-10-7-20-38(42)39-21-8-11-26-43(39)50/h1-31H. The number of hydrogen-bond acceptors (Lipinski definition) is 3. The van der Waals surface area contributed by atoms with Crippen LogP contribution in [0.2, 0.25) is 0 Å². The lowest BCUT2D eigenvalue weighted by atomic mass is 9.70. The Morgan fingerprint density at radius 3 is 1.42 bits per heavy atom. The van der Waals surface area contributed by atoms with Crippen molar-refractivity contribution in [1.29, 1.82) is 0 Å². The molecule has 8 aromatic carbocycles. The van der Waals surface area contributed by atoms with E-state index in [1.165, 1.54) is 55.6 Å². The molecule has 246 valence electrons. The molecule has 0 bridgehead atoms. The minimum absolute atomic E-state index is 0.370. The minimum atomic E-state index is -0.370. The summed E-state index contributed by atoms with van der Waals surface area (Å²) in [5.41, 5.74) is 15.6. The highest BCUT2D eigenvalue weighted by Gasteiger charge is 2.51. The molecule has 1 spiro atoms. The monoisotopic (exact) mass is 673 g/mol. The second-order valence-corrected chi connectivity index (χ2v) is 13.9. The predicted molar refractivity (Wildman–Crippen MR) is 215 cm³/mol. The lowest BCUT2D eigenvalue weighted by Gasteiger charge is -2.30. The molecule has 2 aliphatic carbocycles. The van der Waals surface area contributed by atoms with E-state index < -0.39 is 0 Å². The molecular weight excluding hydrogens is 643 g/mol. The Morgan fingerprint density at radius 2 is 0.774 bits per heavy atom. The zero-order valence-electron chi connectivity index (χ0n) is 28.7. The maximum atomic E-state index is 5.06. The quantitative estimate of drug-likeness (QED) is 0.187. The second kappa shape index (κ2) is 11.5.